The lowest BCUT2D eigenvalue weighted by Crippen LogP contribution is -2.23. The van der Waals surface area contributed by atoms with Crippen LogP contribution in [0.15, 0.2) is 57.6 Å². The summed E-state index contributed by atoms with van der Waals surface area (Å²) in [5, 5.41) is 4.43. The molecule has 0 saturated carbocycles. The lowest BCUT2D eigenvalue weighted by atomic mass is 9.90. The van der Waals surface area contributed by atoms with Crippen molar-refractivity contribution < 1.29 is 22.7 Å². The van der Waals surface area contributed by atoms with Crippen LogP contribution in [0.5, 0.6) is 11.5 Å². The lowest BCUT2D eigenvalue weighted by Gasteiger charge is -2.24. The molecular weight excluding hydrogens is 458 g/mol. The predicted molar refractivity (Wildman–Crippen MR) is 129 cm³/mol. The molecule has 1 aliphatic heterocycles. The summed E-state index contributed by atoms with van der Waals surface area (Å²) in [4.78, 5) is 13.8. The van der Waals surface area contributed by atoms with E-state index in [0.717, 1.165) is 28.8 Å². The van der Waals surface area contributed by atoms with Crippen LogP contribution in [0.4, 0.5) is 5.69 Å². The second-order valence-corrected chi connectivity index (χ2v) is 10.9. The van der Waals surface area contributed by atoms with Crippen molar-refractivity contribution in [2.24, 2.45) is 0 Å². The van der Waals surface area contributed by atoms with E-state index in [9.17, 15) is 13.2 Å². The fourth-order valence-corrected chi connectivity index (χ4v) is 6.94. The number of anilines is 1. The maximum Gasteiger partial charge on any atom is 0.225 e. The van der Waals surface area contributed by atoms with E-state index in [1.807, 2.05) is 31.2 Å². The molecule has 1 N–H and O–H groups in total. The monoisotopic (exact) mass is 485 g/mol. The van der Waals surface area contributed by atoms with Gasteiger partial charge in [-0.05, 0) is 48.7 Å². The van der Waals surface area contributed by atoms with E-state index < -0.39 is 9.84 Å². The first kappa shape index (κ1) is 23.3. The van der Waals surface area contributed by atoms with Crippen molar-refractivity contribution in [3.05, 3.63) is 63.8 Å². The van der Waals surface area contributed by atoms with Gasteiger partial charge in [0.15, 0.2) is 11.5 Å². The number of hydrogen-bond acceptors (Lipinski definition) is 6. The highest BCUT2D eigenvalue weighted by Crippen LogP contribution is 2.47. The number of thiophene rings is 1. The molecule has 0 bridgehead atoms. The molecule has 8 heteroatoms. The van der Waals surface area contributed by atoms with E-state index >= 15 is 0 Å². The number of ether oxygens (including phenoxy) is 2. The summed E-state index contributed by atoms with van der Waals surface area (Å²) in [6.45, 7) is 4.56. The molecule has 2 heterocycles. The van der Waals surface area contributed by atoms with Gasteiger partial charge in [-0.15, -0.1) is 11.3 Å². The minimum Gasteiger partial charge on any atom is -0.493 e. The van der Waals surface area contributed by atoms with Crippen molar-refractivity contribution in [3.63, 3.8) is 0 Å². The molecule has 0 saturated heterocycles. The Hall–Kier alpha value is -2.84. The van der Waals surface area contributed by atoms with Crippen LogP contribution in [-0.4, -0.2) is 28.0 Å². The summed E-state index contributed by atoms with van der Waals surface area (Å²) in [7, 11) is -2.18. The van der Waals surface area contributed by atoms with Gasteiger partial charge in [0.05, 0.1) is 24.3 Å². The zero-order valence-electron chi connectivity index (χ0n) is 18.9. The van der Waals surface area contributed by atoms with Gasteiger partial charge in [-0.25, -0.2) is 8.42 Å². The molecule has 2 aromatic carbocycles. The summed E-state index contributed by atoms with van der Waals surface area (Å²) in [6.07, 6.45) is 2.22. The maximum absolute atomic E-state index is 13.4. The number of amides is 1. The molecule has 1 amide bonds. The van der Waals surface area contributed by atoms with Crippen molar-refractivity contribution >= 4 is 32.8 Å². The van der Waals surface area contributed by atoms with Gasteiger partial charge in [-0.2, -0.15) is 0 Å². The number of methoxy groups -OCH3 is 1. The zero-order valence-corrected chi connectivity index (χ0v) is 20.5. The van der Waals surface area contributed by atoms with E-state index in [0.29, 0.717) is 23.8 Å². The second kappa shape index (κ2) is 9.57. The average molecular weight is 486 g/mol. The second-order valence-electron chi connectivity index (χ2n) is 8.08. The number of carbonyl (C=O) groups excluding carboxylic acids is 1. The fraction of sp³-hybridized carbons (Fsp3) is 0.320. The molecular formula is C25H27NO5S2. The van der Waals surface area contributed by atoms with Crippen LogP contribution >= 0.6 is 11.3 Å². The molecule has 1 aromatic heterocycles. The van der Waals surface area contributed by atoms with Gasteiger partial charge in [-0.1, -0.05) is 31.5 Å². The van der Waals surface area contributed by atoms with E-state index in [4.69, 9.17) is 9.47 Å². The fourth-order valence-electron chi connectivity index (χ4n) is 3.93. The normalized spacial score (nSPS) is 15.6. The van der Waals surface area contributed by atoms with E-state index in [-0.39, 0.29) is 28.0 Å². The van der Waals surface area contributed by atoms with Crippen LogP contribution < -0.4 is 14.8 Å². The van der Waals surface area contributed by atoms with Gasteiger partial charge < -0.3 is 14.8 Å². The molecule has 0 spiro atoms. The Morgan fingerprint density at radius 3 is 2.70 bits per heavy atom. The number of hydrogen-bond donors (Lipinski definition) is 1. The summed E-state index contributed by atoms with van der Waals surface area (Å²) in [5.41, 5.74) is 2.12. The summed E-state index contributed by atoms with van der Waals surface area (Å²) < 4.78 is 38.1. The number of aryl methyl sites for hydroxylation is 1. The summed E-state index contributed by atoms with van der Waals surface area (Å²) >= 11 is 1.35. The van der Waals surface area contributed by atoms with Crippen LogP contribution in [0.3, 0.4) is 0 Å². The van der Waals surface area contributed by atoms with Gasteiger partial charge in [0.25, 0.3) is 0 Å². The summed E-state index contributed by atoms with van der Waals surface area (Å²) in [5.74, 6) is 0.775. The first-order chi connectivity index (χ1) is 15.8. The topological polar surface area (TPSA) is 81.7 Å². The standard InChI is InChI=1S/C25H27NO5S2/c1-4-5-11-31-20-10-9-17(13-21(20)30-3)19-14-23(27)26-24-22(15-32-25(19)24)33(28,29)18-8-6-7-16(2)12-18/h6-10,12-13,15,19H,4-5,11,14H2,1-3H3,(H,26,27)/t19-/m0/s1. The average Bonchev–Trinajstić information content (AvgIpc) is 3.23. The van der Waals surface area contributed by atoms with E-state index in [1.165, 1.54) is 11.3 Å². The highest BCUT2D eigenvalue weighted by molar-refractivity contribution is 7.91. The van der Waals surface area contributed by atoms with Gasteiger partial charge >= 0.3 is 0 Å². The number of fused-ring (bicyclic) bond motifs is 1. The van der Waals surface area contributed by atoms with E-state index in [2.05, 4.69) is 12.2 Å². The van der Waals surface area contributed by atoms with Gasteiger partial charge in [0, 0.05) is 22.6 Å². The van der Waals surface area contributed by atoms with Crippen LogP contribution in [0.1, 0.15) is 48.1 Å². The first-order valence-electron chi connectivity index (χ1n) is 10.9. The molecule has 174 valence electrons. The quantitative estimate of drug-likeness (QED) is 0.423. The minimum absolute atomic E-state index is 0.137. The third kappa shape index (κ3) is 4.63. The van der Waals surface area contributed by atoms with Crippen molar-refractivity contribution in [1.29, 1.82) is 0 Å². The number of sulfone groups is 1. The molecule has 6 nitrogen and oxygen atoms in total. The molecule has 33 heavy (non-hydrogen) atoms. The molecule has 0 aliphatic carbocycles. The van der Waals surface area contributed by atoms with Gasteiger partial charge in [0.1, 0.15) is 4.90 Å². The molecule has 3 aromatic rings. The number of unbranched alkanes of at least 4 members (excludes halogenated alkanes) is 1. The Bertz CT molecular complexity index is 1280. The SMILES string of the molecule is CCCCOc1ccc([C@@H]2CC(=O)Nc3c(S(=O)(=O)c4cccc(C)c4)csc32)cc1OC. The lowest BCUT2D eigenvalue weighted by molar-refractivity contribution is -0.116. The molecule has 1 aliphatic rings. The Labute approximate surface area is 198 Å². The van der Waals surface area contributed by atoms with Crippen molar-refractivity contribution in [2.75, 3.05) is 19.0 Å². The first-order valence-corrected chi connectivity index (χ1v) is 13.2. The molecule has 4 rings (SSSR count). The number of rotatable bonds is 8. The van der Waals surface area contributed by atoms with Gasteiger partial charge in [0.2, 0.25) is 15.7 Å². The molecule has 0 fully saturated rings. The number of nitrogens with one attached hydrogen (secondary N) is 1. The highest BCUT2D eigenvalue weighted by atomic mass is 32.2. The van der Waals surface area contributed by atoms with Crippen molar-refractivity contribution in [2.45, 2.75) is 48.8 Å². The smallest absolute Gasteiger partial charge is 0.225 e. The Balaban J connectivity index is 1.72. The molecule has 0 unspecified atom stereocenters. The molecule has 1 atom stereocenters. The number of carbonyl (C=O) groups is 1. The molecule has 0 radical (unpaired) electrons. The zero-order chi connectivity index (χ0) is 23.6. The Kier molecular flexibility index (Phi) is 6.76. The minimum atomic E-state index is -3.77. The van der Waals surface area contributed by atoms with Crippen molar-refractivity contribution in [3.8, 4) is 11.5 Å². The Morgan fingerprint density at radius 2 is 1.97 bits per heavy atom. The van der Waals surface area contributed by atoms with Crippen LogP contribution in [0, 0.1) is 6.92 Å². The number of benzene rings is 2. The van der Waals surface area contributed by atoms with Crippen LogP contribution in [0.2, 0.25) is 0 Å². The predicted octanol–water partition coefficient (Wildman–Crippen LogP) is 5.55. The van der Waals surface area contributed by atoms with E-state index in [1.54, 1.807) is 30.7 Å². The van der Waals surface area contributed by atoms with Crippen molar-refractivity contribution in [1.82, 2.24) is 0 Å². The Morgan fingerprint density at radius 1 is 1.15 bits per heavy atom. The van der Waals surface area contributed by atoms with Crippen LogP contribution in [-0.2, 0) is 14.6 Å². The summed E-state index contributed by atoms with van der Waals surface area (Å²) in [6, 6.07) is 12.4. The van der Waals surface area contributed by atoms with Crippen LogP contribution in [0.25, 0.3) is 0 Å². The third-order valence-corrected chi connectivity index (χ3v) is 8.71. The third-order valence-electron chi connectivity index (χ3n) is 5.69. The maximum atomic E-state index is 13.4. The van der Waals surface area contributed by atoms with Gasteiger partial charge in [-0.3, -0.25) is 4.79 Å². The largest absolute Gasteiger partial charge is 0.493 e. The highest BCUT2D eigenvalue weighted by Gasteiger charge is 2.34.